The number of aliphatic hydroxyl groups excluding tert-OH is 1. The lowest BCUT2D eigenvalue weighted by Gasteiger charge is -2.36. The van der Waals surface area contributed by atoms with E-state index in [4.69, 9.17) is 4.74 Å². The van der Waals surface area contributed by atoms with Gasteiger partial charge in [0, 0.05) is 12.6 Å². The minimum atomic E-state index is -0.446. The molecule has 1 aliphatic carbocycles. The van der Waals surface area contributed by atoms with Crippen LogP contribution < -0.4 is 0 Å². The highest BCUT2D eigenvalue weighted by Gasteiger charge is 2.30. The molecular formula is C13H25NO3. The van der Waals surface area contributed by atoms with Crippen molar-refractivity contribution < 1.29 is 14.6 Å². The molecule has 1 fully saturated rings. The first-order chi connectivity index (χ1) is 7.83. The van der Waals surface area contributed by atoms with Crippen LogP contribution in [0.25, 0.3) is 0 Å². The van der Waals surface area contributed by atoms with Crippen LogP contribution in [0.3, 0.4) is 0 Å². The molecular weight excluding hydrogens is 218 g/mol. The predicted octanol–water partition coefficient (Wildman–Crippen LogP) is 2.55. The Balaban J connectivity index is 2.55. The number of aliphatic hydroxyl groups is 1. The van der Waals surface area contributed by atoms with Crippen LogP contribution in [-0.2, 0) is 4.74 Å². The summed E-state index contributed by atoms with van der Waals surface area (Å²) in [5, 5.41) is 9.47. The Hall–Kier alpha value is -0.770. The molecule has 1 rings (SSSR count). The van der Waals surface area contributed by atoms with Gasteiger partial charge in [-0.15, -0.1) is 0 Å². The highest BCUT2D eigenvalue weighted by Crippen LogP contribution is 2.24. The Morgan fingerprint density at radius 1 is 1.29 bits per heavy atom. The Morgan fingerprint density at radius 3 is 2.24 bits per heavy atom. The SMILES string of the molecule is CCN(C(=O)OC(C)(C)C)[C@H]1CC[C@H](O)CC1. The fraction of sp³-hybridized carbons (Fsp3) is 0.923. The molecule has 1 aliphatic rings. The normalized spacial score (nSPS) is 25.5. The van der Waals surface area contributed by atoms with Gasteiger partial charge in [0.2, 0.25) is 0 Å². The smallest absolute Gasteiger partial charge is 0.410 e. The molecule has 0 aromatic carbocycles. The molecule has 0 unspecified atom stereocenters. The molecule has 0 spiro atoms. The van der Waals surface area contributed by atoms with E-state index in [0.717, 1.165) is 25.7 Å². The molecule has 0 radical (unpaired) electrons. The second kappa shape index (κ2) is 5.71. The minimum Gasteiger partial charge on any atom is -0.444 e. The molecule has 0 bridgehead atoms. The molecule has 0 aromatic rings. The van der Waals surface area contributed by atoms with Crippen molar-refractivity contribution in [1.29, 1.82) is 0 Å². The summed E-state index contributed by atoms with van der Waals surface area (Å²) in [5.74, 6) is 0. The first kappa shape index (κ1) is 14.3. The summed E-state index contributed by atoms with van der Waals surface area (Å²) in [6.07, 6.45) is 2.88. The van der Waals surface area contributed by atoms with Crippen molar-refractivity contribution in [3.8, 4) is 0 Å². The highest BCUT2D eigenvalue weighted by atomic mass is 16.6. The molecule has 1 amide bonds. The van der Waals surface area contributed by atoms with Crippen molar-refractivity contribution in [3.05, 3.63) is 0 Å². The number of nitrogens with zero attached hydrogens (tertiary/aromatic N) is 1. The molecule has 0 saturated heterocycles. The first-order valence-electron chi connectivity index (χ1n) is 6.51. The number of hydrogen-bond acceptors (Lipinski definition) is 3. The zero-order chi connectivity index (χ0) is 13.1. The Labute approximate surface area is 104 Å². The van der Waals surface area contributed by atoms with E-state index in [1.54, 1.807) is 4.90 Å². The van der Waals surface area contributed by atoms with Crippen molar-refractivity contribution in [1.82, 2.24) is 4.90 Å². The molecule has 17 heavy (non-hydrogen) atoms. The molecule has 1 saturated carbocycles. The van der Waals surface area contributed by atoms with Gasteiger partial charge in [-0.1, -0.05) is 0 Å². The van der Waals surface area contributed by atoms with Crippen molar-refractivity contribution in [2.45, 2.75) is 71.1 Å². The average Bonchev–Trinajstić information content (AvgIpc) is 2.19. The van der Waals surface area contributed by atoms with E-state index in [9.17, 15) is 9.90 Å². The second-order valence-corrected chi connectivity index (χ2v) is 5.73. The van der Waals surface area contributed by atoms with Crippen LogP contribution in [0.4, 0.5) is 4.79 Å². The number of carbonyl (C=O) groups is 1. The van der Waals surface area contributed by atoms with Crippen LogP contribution in [0.15, 0.2) is 0 Å². The lowest BCUT2D eigenvalue weighted by atomic mass is 9.92. The molecule has 0 aliphatic heterocycles. The summed E-state index contributed by atoms with van der Waals surface area (Å²) in [7, 11) is 0. The fourth-order valence-electron chi connectivity index (χ4n) is 2.23. The van der Waals surface area contributed by atoms with Gasteiger partial charge in [-0.05, 0) is 53.4 Å². The zero-order valence-corrected chi connectivity index (χ0v) is 11.4. The van der Waals surface area contributed by atoms with Crippen LogP contribution in [-0.4, -0.2) is 40.4 Å². The van der Waals surface area contributed by atoms with Crippen LogP contribution in [0.5, 0.6) is 0 Å². The maximum absolute atomic E-state index is 12.0. The highest BCUT2D eigenvalue weighted by molar-refractivity contribution is 5.68. The predicted molar refractivity (Wildman–Crippen MR) is 66.9 cm³/mol. The van der Waals surface area contributed by atoms with E-state index >= 15 is 0 Å². The maximum Gasteiger partial charge on any atom is 0.410 e. The van der Waals surface area contributed by atoms with Crippen LogP contribution >= 0.6 is 0 Å². The summed E-state index contributed by atoms with van der Waals surface area (Å²) in [5.41, 5.74) is -0.446. The lowest BCUT2D eigenvalue weighted by molar-refractivity contribution is 0.00656. The van der Waals surface area contributed by atoms with Crippen molar-refractivity contribution in [2.75, 3.05) is 6.54 Å². The quantitative estimate of drug-likeness (QED) is 0.811. The molecule has 4 heteroatoms. The fourth-order valence-corrected chi connectivity index (χ4v) is 2.23. The Bertz CT molecular complexity index is 252. The molecule has 0 aromatic heterocycles. The summed E-state index contributed by atoms with van der Waals surface area (Å²) >= 11 is 0. The van der Waals surface area contributed by atoms with Crippen molar-refractivity contribution in [3.63, 3.8) is 0 Å². The van der Waals surface area contributed by atoms with Crippen molar-refractivity contribution >= 4 is 6.09 Å². The van der Waals surface area contributed by atoms with Gasteiger partial charge in [0.05, 0.1) is 6.10 Å². The Kier molecular flexibility index (Phi) is 4.80. The summed E-state index contributed by atoms with van der Waals surface area (Å²) < 4.78 is 5.40. The molecule has 4 nitrogen and oxygen atoms in total. The van der Waals surface area contributed by atoms with Gasteiger partial charge >= 0.3 is 6.09 Å². The van der Waals surface area contributed by atoms with E-state index in [2.05, 4.69) is 0 Å². The largest absolute Gasteiger partial charge is 0.444 e. The Morgan fingerprint density at radius 2 is 1.82 bits per heavy atom. The summed E-state index contributed by atoms with van der Waals surface area (Å²) in [4.78, 5) is 13.8. The van der Waals surface area contributed by atoms with Gasteiger partial charge in [0.1, 0.15) is 5.60 Å². The van der Waals surface area contributed by atoms with Gasteiger partial charge in [-0.2, -0.15) is 0 Å². The molecule has 0 heterocycles. The number of ether oxygens (including phenoxy) is 1. The van der Waals surface area contributed by atoms with E-state index < -0.39 is 5.60 Å². The third-order valence-corrected chi connectivity index (χ3v) is 3.08. The van der Waals surface area contributed by atoms with Crippen LogP contribution in [0.2, 0.25) is 0 Å². The third kappa shape index (κ3) is 4.54. The number of amides is 1. The van der Waals surface area contributed by atoms with Gasteiger partial charge in [0.15, 0.2) is 0 Å². The van der Waals surface area contributed by atoms with Gasteiger partial charge < -0.3 is 14.7 Å². The lowest BCUT2D eigenvalue weighted by Crippen LogP contribution is -2.45. The maximum atomic E-state index is 12.0. The van der Waals surface area contributed by atoms with Crippen LogP contribution in [0.1, 0.15) is 53.4 Å². The van der Waals surface area contributed by atoms with E-state index in [0.29, 0.717) is 6.54 Å². The van der Waals surface area contributed by atoms with Crippen LogP contribution in [0, 0.1) is 0 Å². The standard InChI is InChI=1S/C13H25NO3/c1-5-14(12(16)17-13(2,3)4)10-6-8-11(15)9-7-10/h10-11,15H,5-9H2,1-4H3/t10-,11-. The second-order valence-electron chi connectivity index (χ2n) is 5.73. The third-order valence-electron chi connectivity index (χ3n) is 3.08. The van der Waals surface area contributed by atoms with Gasteiger partial charge in [-0.25, -0.2) is 4.79 Å². The van der Waals surface area contributed by atoms with E-state index in [1.165, 1.54) is 0 Å². The molecule has 100 valence electrons. The van der Waals surface area contributed by atoms with Gasteiger partial charge in [-0.3, -0.25) is 0 Å². The number of carbonyl (C=O) groups excluding carboxylic acids is 1. The topological polar surface area (TPSA) is 49.8 Å². The van der Waals surface area contributed by atoms with E-state index in [1.807, 2.05) is 27.7 Å². The monoisotopic (exact) mass is 243 g/mol. The van der Waals surface area contributed by atoms with Crippen molar-refractivity contribution in [2.24, 2.45) is 0 Å². The van der Waals surface area contributed by atoms with E-state index in [-0.39, 0.29) is 18.2 Å². The minimum absolute atomic E-state index is 0.191. The number of rotatable bonds is 2. The summed E-state index contributed by atoms with van der Waals surface area (Å²) in [6, 6.07) is 0.221. The first-order valence-corrected chi connectivity index (χ1v) is 6.51. The molecule has 1 N–H and O–H groups in total. The number of hydrogen-bond donors (Lipinski definition) is 1. The zero-order valence-electron chi connectivity index (χ0n) is 11.4. The average molecular weight is 243 g/mol. The summed E-state index contributed by atoms with van der Waals surface area (Å²) in [6.45, 7) is 8.26. The van der Waals surface area contributed by atoms with Gasteiger partial charge in [0.25, 0.3) is 0 Å². The molecule has 0 atom stereocenters.